The van der Waals surface area contributed by atoms with Crippen LogP contribution in [0.4, 0.5) is 4.39 Å². The van der Waals surface area contributed by atoms with E-state index < -0.39 is 0 Å². The van der Waals surface area contributed by atoms with Gasteiger partial charge in [-0.3, -0.25) is 4.98 Å². The first-order chi connectivity index (χ1) is 8.18. The van der Waals surface area contributed by atoms with Gasteiger partial charge in [-0.05, 0) is 30.2 Å². The number of hydrogen-bond acceptors (Lipinski definition) is 1. The van der Waals surface area contributed by atoms with Crippen LogP contribution in [-0.2, 0) is 6.42 Å². The lowest BCUT2D eigenvalue weighted by Crippen LogP contribution is -1.99. The summed E-state index contributed by atoms with van der Waals surface area (Å²) in [7, 11) is 0. The van der Waals surface area contributed by atoms with Gasteiger partial charge < -0.3 is 0 Å². The molecule has 2 rings (SSSR count). The molecular formula is C13H10BrClFN. The minimum absolute atomic E-state index is 0.00519. The molecule has 0 bridgehead atoms. The van der Waals surface area contributed by atoms with Crippen LogP contribution in [0.3, 0.4) is 0 Å². The summed E-state index contributed by atoms with van der Waals surface area (Å²) in [5, 5.41) is 0.457. The molecular weight excluding hydrogens is 305 g/mol. The van der Waals surface area contributed by atoms with Crippen LogP contribution in [0.2, 0.25) is 5.02 Å². The van der Waals surface area contributed by atoms with Crippen molar-refractivity contribution in [3.63, 3.8) is 0 Å². The molecule has 0 N–H and O–H groups in total. The highest BCUT2D eigenvalue weighted by Gasteiger charge is 2.14. The van der Waals surface area contributed by atoms with Crippen molar-refractivity contribution in [1.29, 1.82) is 0 Å². The minimum Gasteiger partial charge on any atom is -0.264 e. The van der Waals surface area contributed by atoms with E-state index in [1.54, 1.807) is 24.5 Å². The van der Waals surface area contributed by atoms with Crippen molar-refractivity contribution < 1.29 is 4.39 Å². The molecule has 0 aliphatic heterocycles. The van der Waals surface area contributed by atoms with Crippen molar-refractivity contribution in [2.45, 2.75) is 11.2 Å². The first kappa shape index (κ1) is 12.5. The summed E-state index contributed by atoms with van der Waals surface area (Å²) in [5.74, 6) is -0.272. The summed E-state index contributed by atoms with van der Waals surface area (Å²) in [6.45, 7) is 0. The van der Waals surface area contributed by atoms with Crippen molar-refractivity contribution in [1.82, 2.24) is 4.98 Å². The lowest BCUT2D eigenvalue weighted by Gasteiger charge is -2.11. The molecule has 0 saturated carbocycles. The first-order valence-corrected chi connectivity index (χ1v) is 6.44. The topological polar surface area (TPSA) is 12.9 Å². The number of halogens is 3. The van der Waals surface area contributed by atoms with E-state index in [-0.39, 0.29) is 10.6 Å². The molecule has 1 unspecified atom stereocenters. The zero-order valence-electron chi connectivity index (χ0n) is 8.91. The summed E-state index contributed by atoms with van der Waals surface area (Å²) >= 11 is 9.51. The zero-order chi connectivity index (χ0) is 12.3. The average Bonchev–Trinajstić information content (AvgIpc) is 2.35. The Bertz CT molecular complexity index is 484. The number of nitrogens with zero attached hydrogens (tertiary/aromatic N) is 1. The van der Waals surface area contributed by atoms with Gasteiger partial charge in [0.05, 0.1) is 0 Å². The van der Waals surface area contributed by atoms with E-state index in [1.165, 1.54) is 6.07 Å². The Balaban J connectivity index is 2.22. The van der Waals surface area contributed by atoms with Crippen molar-refractivity contribution in [2.24, 2.45) is 0 Å². The van der Waals surface area contributed by atoms with Crippen LogP contribution >= 0.6 is 27.5 Å². The van der Waals surface area contributed by atoms with Gasteiger partial charge in [0.25, 0.3) is 0 Å². The van der Waals surface area contributed by atoms with Crippen LogP contribution in [0.5, 0.6) is 0 Å². The second kappa shape index (κ2) is 5.61. The SMILES string of the molecule is Fc1cccc(Cl)c1CC(Br)c1cccnc1. The van der Waals surface area contributed by atoms with E-state index in [4.69, 9.17) is 11.6 Å². The van der Waals surface area contributed by atoms with E-state index in [1.807, 2.05) is 12.1 Å². The largest absolute Gasteiger partial charge is 0.264 e. The maximum atomic E-state index is 13.6. The van der Waals surface area contributed by atoms with Crippen LogP contribution in [-0.4, -0.2) is 4.98 Å². The Kier molecular flexibility index (Phi) is 4.13. The molecule has 1 atom stereocenters. The molecule has 0 aliphatic carbocycles. The fraction of sp³-hybridized carbons (Fsp3) is 0.154. The molecule has 0 amide bonds. The van der Waals surface area contributed by atoms with Crippen molar-refractivity contribution >= 4 is 27.5 Å². The van der Waals surface area contributed by atoms with Crippen LogP contribution in [0, 0.1) is 5.82 Å². The third kappa shape index (κ3) is 3.05. The Hall–Kier alpha value is -0.930. The molecule has 1 aromatic carbocycles. The average molecular weight is 315 g/mol. The molecule has 4 heteroatoms. The van der Waals surface area contributed by atoms with Gasteiger partial charge in [-0.25, -0.2) is 4.39 Å². The molecule has 0 spiro atoms. The Morgan fingerprint density at radius 3 is 2.76 bits per heavy atom. The van der Waals surface area contributed by atoms with Crippen LogP contribution < -0.4 is 0 Å². The van der Waals surface area contributed by atoms with Crippen molar-refractivity contribution in [3.8, 4) is 0 Å². The Morgan fingerprint density at radius 2 is 2.12 bits per heavy atom. The number of alkyl halides is 1. The molecule has 0 fully saturated rings. The van der Waals surface area contributed by atoms with Gasteiger partial charge in [0.15, 0.2) is 0 Å². The quantitative estimate of drug-likeness (QED) is 0.757. The van der Waals surface area contributed by atoms with Gasteiger partial charge >= 0.3 is 0 Å². The number of rotatable bonds is 3. The maximum absolute atomic E-state index is 13.6. The van der Waals surface area contributed by atoms with Gasteiger partial charge in [-0.1, -0.05) is 39.7 Å². The molecule has 0 saturated heterocycles. The first-order valence-electron chi connectivity index (χ1n) is 5.15. The molecule has 2 aromatic rings. The highest BCUT2D eigenvalue weighted by molar-refractivity contribution is 9.09. The van der Waals surface area contributed by atoms with Gasteiger partial charge in [0, 0.05) is 27.8 Å². The third-order valence-corrected chi connectivity index (χ3v) is 3.70. The second-order valence-corrected chi connectivity index (χ2v) is 5.17. The normalized spacial score (nSPS) is 12.4. The third-order valence-electron chi connectivity index (χ3n) is 2.49. The van der Waals surface area contributed by atoms with Crippen molar-refractivity contribution in [3.05, 3.63) is 64.7 Å². The number of benzene rings is 1. The summed E-state index contributed by atoms with van der Waals surface area (Å²) in [6.07, 6.45) is 3.96. The monoisotopic (exact) mass is 313 g/mol. The zero-order valence-corrected chi connectivity index (χ0v) is 11.2. The lowest BCUT2D eigenvalue weighted by molar-refractivity contribution is 0.608. The summed E-state index contributed by atoms with van der Waals surface area (Å²) in [6, 6.07) is 8.52. The summed E-state index contributed by atoms with van der Waals surface area (Å²) < 4.78 is 13.6. The van der Waals surface area contributed by atoms with E-state index in [0.717, 1.165) is 5.56 Å². The van der Waals surface area contributed by atoms with E-state index >= 15 is 0 Å². The molecule has 88 valence electrons. The molecule has 1 aromatic heterocycles. The fourth-order valence-electron chi connectivity index (χ4n) is 1.59. The number of hydrogen-bond donors (Lipinski definition) is 0. The highest BCUT2D eigenvalue weighted by atomic mass is 79.9. The van der Waals surface area contributed by atoms with E-state index in [0.29, 0.717) is 17.0 Å². The smallest absolute Gasteiger partial charge is 0.127 e. The Labute approximate surface area is 113 Å². The minimum atomic E-state index is -0.272. The molecule has 0 radical (unpaired) electrons. The number of pyridine rings is 1. The van der Waals surface area contributed by atoms with Gasteiger partial charge in [0.2, 0.25) is 0 Å². The highest BCUT2D eigenvalue weighted by Crippen LogP contribution is 2.30. The maximum Gasteiger partial charge on any atom is 0.127 e. The van der Waals surface area contributed by atoms with Gasteiger partial charge in [-0.2, -0.15) is 0 Å². The molecule has 0 aliphatic rings. The summed E-state index contributed by atoms with van der Waals surface area (Å²) in [4.78, 5) is 4.04. The van der Waals surface area contributed by atoms with Gasteiger partial charge in [0.1, 0.15) is 5.82 Å². The Morgan fingerprint density at radius 1 is 1.29 bits per heavy atom. The van der Waals surface area contributed by atoms with Gasteiger partial charge in [-0.15, -0.1) is 0 Å². The standard InChI is InChI=1S/C13H10BrClFN/c14-11(9-3-2-6-17-8-9)7-10-12(15)4-1-5-13(10)16/h1-6,8,11H,7H2. The van der Waals surface area contributed by atoms with Crippen molar-refractivity contribution in [2.75, 3.05) is 0 Å². The molecule has 1 heterocycles. The fourth-order valence-corrected chi connectivity index (χ4v) is 2.42. The van der Waals surface area contributed by atoms with E-state index in [2.05, 4.69) is 20.9 Å². The molecule has 17 heavy (non-hydrogen) atoms. The lowest BCUT2D eigenvalue weighted by atomic mass is 10.1. The summed E-state index contributed by atoms with van der Waals surface area (Å²) in [5.41, 5.74) is 1.53. The number of aromatic nitrogens is 1. The second-order valence-electron chi connectivity index (χ2n) is 3.66. The molecule has 1 nitrogen and oxygen atoms in total. The van der Waals surface area contributed by atoms with Crippen LogP contribution in [0.1, 0.15) is 16.0 Å². The van der Waals surface area contributed by atoms with Crippen LogP contribution in [0.25, 0.3) is 0 Å². The van der Waals surface area contributed by atoms with E-state index in [9.17, 15) is 4.39 Å². The predicted octanol–water partition coefficient (Wildman–Crippen LogP) is 4.55. The van der Waals surface area contributed by atoms with Crippen LogP contribution in [0.15, 0.2) is 42.7 Å². The predicted molar refractivity (Wildman–Crippen MR) is 71.0 cm³/mol.